The number of nitrogens with one attached hydrogen (secondary N) is 1. The van der Waals surface area contributed by atoms with Crippen LogP contribution >= 0.6 is 0 Å². The molecule has 3 rings (SSSR count). The predicted octanol–water partition coefficient (Wildman–Crippen LogP) is 2.77. The molecule has 1 aliphatic rings. The zero-order valence-corrected chi connectivity index (χ0v) is 17.3. The van der Waals surface area contributed by atoms with Crippen LogP contribution in [0.5, 0.6) is 0 Å². The van der Waals surface area contributed by atoms with Gasteiger partial charge in [0.25, 0.3) is 0 Å². The number of rotatable bonds is 4. The van der Waals surface area contributed by atoms with Gasteiger partial charge in [-0.15, -0.1) is 0 Å². The Balaban J connectivity index is 1.76. The number of amides is 2. The highest BCUT2D eigenvalue weighted by Crippen LogP contribution is 2.28. The molecule has 7 nitrogen and oxygen atoms in total. The molecule has 1 aromatic carbocycles. The summed E-state index contributed by atoms with van der Waals surface area (Å²) in [5, 5.41) is 2.94. The molecule has 1 fully saturated rings. The standard InChI is InChI=1S/C21H27N5O2/c1-12-7-8-17(9-13(12)2)26-11-16(10-18(26)27)20(28)24-19-14(3)22-21(25(5)6)23-15(19)4/h7-9,16H,10-11H2,1-6H3,(H,24,28). The molecule has 0 bridgehead atoms. The number of carbonyl (C=O) groups is 2. The Labute approximate surface area is 165 Å². The Morgan fingerprint density at radius 2 is 1.75 bits per heavy atom. The Kier molecular flexibility index (Phi) is 5.36. The summed E-state index contributed by atoms with van der Waals surface area (Å²) in [6, 6.07) is 5.93. The molecule has 1 atom stereocenters. The van der Waals surface area contributed by atoms with Crippen molar-refractivity contribution in [2.75, 3.05) is 35.8 Å². The maximum absolute atomic E-state index is 12.8. The topological polar surface area (TPSA) is 78.4 Å². The van der Waals surface area contributed by atoms with Gasteiger partial charge >= 0.3 is 0 Å². The van der Waals surface area contributed by atoms with Crippen LogP contribution in [-0.4, -0.2) is 42.4 Å². The zero-order valence-electron chi connectivity index (χ0n) is 17.3. The minimum absolute atomic E-state index is 0.0314. The van der Waals surface area contributed by atoms with Crippen molar-refractivity contribution in [1.29, 1.82) is 0 Å². The van der Waals surface area contributed by atoms with Crippen LogP contribution in [0, 0.1) is 33.6 Å². The molecule has 0 saturated carbocycles. The highest BCUT2D eigenvalue weighted by atomic mass is 16.2. The summed E-state index contributed by atoms with van der Waals surface area (Å²) < 4.78 is 0. The van der Waals surface area contributed by atoms with Gasteiger partial charge in [0.15, 0.2) is 0 Å². The third-order valence-electron chi connectivity index (χ3n) is 5.21. The summed E-state index contributed by atoms with van der Waals surface area (Å²) in [5.74, 6) is -0.00506. The van der Waals surface area contributed by atoms with E-state index in [4.69, 9.17) is 0 Å². The van der Waals surface area contributed by atoms with Crippen LogP contribution in [0.2, 0.25) is 0 Å². The molecule has 1 aromatic heterocycles. The van der Waals surface area contributed by atoms with E-state index in [2.05, 4.69) is 15.3 Å². The van der Waals surface area contributed by atoms with Crippen molar-refractivity contribution < 1.29 is 9.59 Å². The first kappa shape index (κ1) is 19.8. The van der Waals surface area contributed by atoms with E-state index >= 15 is 0 Å². The fraction of sp³-hybridized carbons (Fsp3) is 0.429. The molecule has 2 heterocycles. The first-order valence-electron chi connectivity index (χ1n) is 9.38. The van der Waals surface area contributed by atoms with Gasteiger partial charge in [-0.3, -0.25) is 9.59 Å². The minimum atomic E-state index is -0.401. The highest BCUT2D eigenvalue weighted by molar-refractivity contribution is 6.03. The number of benzene rings is 1. The van der Waals surface area contributed by atoms with E-state index in [9.17, 15) is 9.59 Å². The fourth-order valence-corrected chi connectivity index (χ4v) is 3.33. The van der Waals surface area contributed by atoms with Crippen LogP contribution < -0.4 is 15.1 Å². The Morgan fingerprint density at radius 3 is 2.32 bits per heavy atom. The SMILES string of the molecule is Cc1ccc(N2CC(C(=O)Nc3c(C)nc(N(C)C)nc3C)CC2=O)cc1C. The summed E-state index contributed by atoms with van der Waals surface area (Å²) in [6.45, 7) is 8.13. The third kappa shape index (κ3) is 3.83. The van der Waals surface area contributed by atoms with E-state index in [-0.39, 0.29) is 18.2 Å². The third-order valence-corrected chi connectivity index (χ3v) is 5.21. The monoisotopic (exact) mass is 381 g/mol. The predicted molar refractivity (Wildman–Crippen MR) is 111 cm³/mol. The van der Waals surface area contributed by atoms with E-state index in [1.807, 2.05) is 64.9 Å². The Hall–Kier alpha value is -2.96. The van der Waals surface area contributed by atoms with Gasteiger partial charge in [-0.05, 0) is 51.0 Å². The average molecular weight is 381 g/mol. The molecule has 28 heavy (non-hydrogen) atoms. The van der Waals surface area contributed by atoms with Gasteiger partial charge in [-0.2, -0.15) is 0 Å². The highest BCUT2D eigenvalue weighted by Gasteiger charge is 2.35. The van der Waals surface area contributed by atoms with Crippen molar-refractivity contribution in [3.8, 4) is 0 Å². The lowest BCUT2D eigenvalue weighted by atomic mass is 10.1. The van der Waals surface area contributed by atoms with Crippen molar-refractivity contribution in [3.05, 3.63) is 40.7 Å². The van der Waals surface area contributed by atoms with E-state index in [0.717, 1.165) is 11.3 Å². The maximum Gasteiger partial charge on any atom is 0.229 e. The molecule has 0 aliphatic carbocycles. The van der Waals surface area contributed by atoms with Crippen LogP contribution in [0.15, 0.2) is 18.2 Å². The normalized spacial score (nSPS) is 16.4. The maximum atomic E-state index is 12.8. The summed E-state index contributed by atoms with van der Waals surface area (Å²) >= 11 is 0. The molecule has 2 aromatic rings. The van der Waals surface area contributed by atoms with Gasteiger partial charge in [0.1, 0.15) is 0 Å². The lowest BCUT2D eigenvalue weighted by Gasteiger charge is -2.19. The van der Waals surface area contributed by atoms with Crippen molar-refractivity contribution in [2.45, 2.75) is 34.1 Å². The van der Waals surface area contributed by atoms with Crippen molar-refractivity contribution in [1.82, 2.24) is 9.97 Å². The number of hydrogen-bond donors (Lipinski definition) is 1. The summed E-state index contributed by atoms with van der Waals surface area (Å²) in [7, 11) is 3.75. The van der Waals surface area contributed by atoms with Crippen LogP contribution in [0.25, 0.3) is 0 Å². The number of carbonyl (C=O) groups excluding carboxylic acids is 2. The van der Waals surface area contributed by atoms with Crippen LogP contribution in [-0.2, 0) is 9.59 Å². The zero-order chi connectivity index (χ0) is 20.6. The lowest BCUT2D eigenvalue weighted by Crippen LogP contribution is -2.29. The number of hydrogen-bond acceptors (Lipinski definition) is 5. The molecule has 0 radical (unpaired) electrons. The summed E-state index contributed by atoms with van der Waals surface area (Å²) in [5.41, 5.74) is 5.18. The summed E-state index contributed by atoms with van der Waals surface area (Å²) in [4.78, 5) is 37.7. The average Bonchev–Trinajstić information content (AvgIpc) is 3.02. The summed E-state index contributed by atoms with van der Waals surface area (Å²) in [6.07, 6.45) is 0.202. The minimum Gasteiger partial charge on any atom is -0.347 e. The van der Waals surface area contributed by atoms with Gasteiger partial charge in [0.2, 0.25) is 17.8 Å². The second kappa shape index (κ2) is 7.58. The second-order valence-corrected chi connectivity index (χ2v) is 7.63. The molecule has 1 unspecified atom stereocenters. The molecular weight excluding hydrogens is 354 g/mol. The molecule has 148 valence electrons. The van der Waals surface area contributed by atoms with E-state index in [1.54, 1.807) is 4.90 Å². The molecule has 1 N–H and O–H groups in total. The van der Waals surface area contributed by atoms with Gasteiger partial charge in [0.05, 0.1) is 23.0 Å². The molecule has 1 aliphatic heterocycles. The molecule has 7 heteroatoms. The van der Waals surface area contributed by atoms with Crippen LogP contribution in [0.1, 0.15) is 28.9 Å². The van der Waals surface area contributed by atoms with Gasteiger partial charge in [-0.25, -0.2) is 9.97 Å². The quantitative estimate of drug-likeness (QED) is 0.881. The largest absolute Gasteiger partial charge is 0.347 e. The second-order valence-electron chi connectivity index (χ2n) is 7.63. The van der Waals surface area contributed by atoms with Gasteiger partial charge < -0.3 is 15.1 Å². The van der Waals surface area contributed by atoms with Crippen molar-refractivity contribution in [3.63, 3.8) is 0 Å². The van der Waals surface area contributed by atoms with E-state index in [1.165, 1.54) is 5.56 Å². The first-order chi connectivity index (χ1) is 13.2. The number of aromatic nitrogens is 2. The van der Waals surface area contributed by atoms with E-state index < -0.39 is 5.92 Å². The van der Waals surface area contributed by atoms with Gasteiger partial charge in [0, 0.05) is 32.7 Å². The molecule has 0 spiro atoms. The number of aryl methyl sites for hydroxylation is 4. The number of anilines is 3. The van der Waals surface area contributed by atoms with Crippen molar-refractivity contribution in [2.24, 2.45) is 5.92 Å². The van der Waals surface area contributed by atoms with Crippen molar-refractivity contribution >= 4 is 29.1 Å². The smallest absolute Gasteiger partial charge is 0.229 e. The lowest BCUT2D eigenvalue weighted by molar-refractivity contribution is -0.122. The van der Waals surface area contributed by atoms with Gasteiger partial charge in [-0.1, -0.05) is 6.07 Å². The first-order valence-corrected chi connectivity index (χ1v) is 9.38. The number of nitrogens with zero attached hydrogens (tertiary/aromatic N) is 4. The van der Waals surface area contributed by atoms with Crippen LogP contribution in [0.4, 0.5) is 17.3 Å². The van der Waals surface area contributed by atoms with Crippen LogP contribution in [0.3, 0.4) is 0 Å². The fourth-order valence-electron chi connectivity index (χ4n) is 3.33. The Morgan fingerprint density at radius 1 is 1.11 bits per heavy atom. The molecular formula is C21H27N5O2. The van der Waals surface area contributed by atoms with E-state index in [0.29, 0.717) is 29.6 Å². The molecule has 2 amide bonds. The molecule has 1 saturated heterocycles. The Bertz CT molecular complexity index is 915.